The van der Waals surface area contributed by atoms with E-state index in [2.05, 4.69) is 13.8 Å². The van der Waals surface area contributed by atoms with Crippen LogP contribution in [0.2, 0.25) is 0 Å². The maximum absolute atomic E-state index is 13.7. The Bertz CT molecular complexity index is 1630. The number of amides is 1. The first-order valence-corrected chi connectivity index (χ1v) is 14.8. The van der Waals surface area contributed by atoms with E-state index in [0.29, 0.717) is 58.2 Å². The van der Waals surface area contributed by atoms with Crippen LogP contribution in [0.15, 0.2) is 72.3 Å². The lowest BCUT2D eigenvalue weighted by molar-refractivity contribution is -0.132. The van der Waals surface area contributed by atoms with Crippen LogP contribution in [0.5, 0.6) is 17.2 Å². The Morgan fingerprint density at radius 2 is 1.71 bits per heavy atom. The first-order valence-electron chi connectivity index (χ1n) is 14.0. The van der Waals surface area contributed by atoms with Gasteiger partial charge in [-0.1, -0.05) is 44.2 Å². The van der Waals surface area contributed by atoms with Gasteiger partial charge in [-0.15, -0.1) is 0 Å². The molecule has 5 rings (SSSR count). The lowest BCUT2D eigenvalue weighted by Gasteiger charge is -2.23. The van der Waals surface area contributed by atoms with Crippen molar-refractivity contribution in [1.29, 1.82) is 0 Å². The van der Waals surface area contributed by atoms with E-state index in [4.69, 9.17) is 19.2 Å². The van der Waals surface area contributed by atoms with Gasteiger partial charge in [-0.05, 0) is 78.9 Å². The second-order valence-corrected chi connectivity index (χ2v) is 11.5. The number of fused-ring (bicyclic) bond motifs is 1. The number of Topliss-reactive ketones (excluding diaryl/α,β-unsaturated/α-hetero) is 1. The number of hydrogen-bond donors (Lipinski definition) is 1. The fraction of sp³-hybridized carbons (Fsp3) is 0.303. The van der Waals surface area contributed by atoms with E-state index in [1.807, 2.05) is 43.3 Å². The number of thiazole rings is 1. The Balaban J connectivity index is 1.61. The molecule has 1 atom stereocenters. The molecule has 1 aromatic heterocycles. The predicted octanol–water partition coefficient (Wildman–Crippen LogP) is 7.14. The van der Waals surface area contributed by atoms with Crippen LogP contribution in [0.3, 0.4) is 0 Å². The largest absolute Gasteiger partial charge is 0.507 e. The van der Waals surface area contributed by atoms with E-state index in [-0.39, 0.29) is 11.3 Å². The first-order chi connectivity index (χ1) is 20.3. The molecule has 1 aliphatic rings. The molecule has 0 aliphatic carbocycles. The lowest BCUT2D eigenvalue weighted by atomic mass is 9.95. The van der Waals surface area contributed by atoms with Gasteiger partial charge >= 0.3 is 5.91 Å². The molecule has 42 heavy (non-hydrogen) atoms. The summed E-state index contributed by atoms with van der Waals surface area (Å²) in [5.41, 5.74) is 1.68. The van der Waals surface area contributed by atoms with Crippen LogP contribution in [-0.4, -0.2) is 42.1 Å². The minimum atomic E-state index is -0.919. The van der Waals surface area contributed by atoms with Gasteiger partial charge < -0.3 is 19.3 Å². The fourth-order valence-electron chi connectivity index (χ4n) is 4.74. The van der Waals surface area contributed by atoms with Crippen LogP contribution < -0.4 is 19.1 Å². The van der Waals surface area contributed by atoms with Crippen molar-refractivity contribution in [3.8, 4) is 17.2 Å². The zero-order valence-electron chi connectivity index (χ0n) is 24.1. The number of rotatable bonds is 11. The Hall–Kier alpha value is -4.37. The molecule has 1 aliphatic heterocycles. The molecule has 0 bridgehead atoms. The van der Waals surface area contributed by atoms with Crippen molar-refractivity contribution >= 4 is 44.1 Å². The number of nitrogens with zero attached hydrogens (tertiary/aromatic N) is 2. The molecule has 1 fully saturated rings. The highest BCUT2D eigenvalue weighted by Crippen LogP contribution is 2.45. The molecule has 4 aromatic rings. The summed E-state index contributed by atoms with van der Waals surface area (Å²) in [5, 5.41) is 11.9. The van der Waals surface area contributed by atoms with Crippen LogP contribution in [0.4, 0.5) is 5.13 Å². The van der Waals surface area contributed by atoms with Crippen molar-refractivity contribution in [3.63, 3.8) is 0 Å². The highest BCUT2D eigenvalue weighted by atomic mass is 32.1. The molecule has 9 heteroatoms. The zero-order chi connectivity index (χ0) is 29.8. The molecule has 1 unspecified atom stereocenters. The third kappa shape index (κ3) is 5.97. The third-order valence-corrected chi connectivity index (χ3v) is 7.99. The number of ketones is 1. The molecule has 218 valence electrons. The van der Waals surface area contributed by atoms with Crippen molar-refractivity contribution < 1.29 is 28.9 Å². The van der Waals surface area contributed by atoms with Gasteiger partial charge in [0.05, 0.1) is 42.2 Å². The average Bonchev–Trinajstić information content (AvgIpc) is 3.53. The lowest BCUT2D eigenvalue weighted by Crippen LogP contribution is -2.29. The van der Waals surface area contributed by atoms with E-state index in [1.165, 1.54) is 16.2 Å². The summed E-state index contributed by atoms with van der Waals surface area (Å²) in [6.07, 6.45) is 1.75. The number of aliphatic hydroxyl groups is 1. The number of benzene rings is 3. The number of methoxy groups -OCH3 is 1. The summed E-state index contributed by atoms with van der Waals surface area (Å²) in [4.78, 5) is 33.4. The highest BCUT2D eigenvalue weighted by molar-refractivity contribution is 7.22. The number of ether oxygens (including phenoxy) is 3. The van der Waals surface area contributed by atoms with Crippen molar-refractivity contribution in [2.24, 2.45) is 5.92 Å². The van der Waals surface area contributed by atoms with Crippen molar-refractivity contribution in [2.75, 3.05) is 25.2 Å². The van der Waals surface area contributed by atoms with Crippen LogP contribution in [-0.2, 0) is 9.59 Å². The maximum Gasteiger partial charge on any atom is 0.301 e. The molecular formula is C33H34N2O6S. The second kappa shape index (κ2) is 12.7. The monoisotopic (exact) mass is 586 g/mol. The van der Waals surface area contributed by atoms with Crippen LogP contribution in [0, 0.1) is 5.92 Å². The molecule has 2 heterocycles. The maximum atomic E-state index is 13.7. The van der Waals surface area contributed by atoms with Crippen molar-refractivity contribution in [1.82, 2.24) is 4.98 Å². The van der Waals surface area contributed by atoms with Crippen molar-refractivity contribution in [3.05, 3.63) is 83.4 Å². The first kappa shape index (κ1) is 29.1. The molecule has 3 aromatic carbocycles. The fourth-order valence-corrected chi connectivity index (χ4v) is 5.76. The van der Waals surface area contributed by atoms with Crippen molar-refractivity contribution in [2.45, 2.75) is 39.7 Å². The molecule has 0 saturated carbocycles. The van der Waals surface area contributed by atoms with E-state index in [0.717, 1.165) is 17.5 Å². The topological polar surface area (TPSA) is 98.2 Å². The van der Waals surface area contributed by atoms with E-state index in [9.17, 15) is 14.7 Å². The van der Waals surface area contributed by atoms with Crippen LogP contribution in [0.25, 0.3) is 16.0 Å². The van der Waals surface area contributed by atoms with E-state index in [1.54, 1.807) is 37.4 Å². The van der Waals surface area contributed by atoms with Crippen LogP contribution >= 0.6 is 11.3 Å². The summed E-state index contributed by atoms with van der Waals surface area (Å²) in [6, 6.07) is 18.7. The Morgan fingerprint density at radius 1 is 0.976 bits per heavy atom. The Labute approximate surface area is 249 Å². The quantitative estimate of drug-likeness (QED) is 0.113. The van der Waals surface area contributed by atoms with E-state index >= 15 is 0 Å². The predicted molar refractivity (Wildman–Crippen MR) is 165 cm³/mol. The Kier molecular flexibility index (Phi) is 8.77. The van der Waals surface area contributed by atoms with Gasteiger partial charge in [-0.3, -0.25) is 14.5 Å². The summed E-state index contributed by atoms with van der Waals surface area (Å²) < 4.78 is 17.8. The zero-order valence-corrected chi connectivity index (χ0v) is 24.9. The standard InChI is InChI=1S/C33H34N2O6S/c1-5-16-40-23-11-9-21(10-12-23)30(36)28-29(22-7-6-8-25(18-22)41-17-15-20(2)3)35(32(38)31(28)37)33-34-26-14-13-24(39-4)19-27(26)42-33/h6-14,18-20,29,36H,5,15-17H2,1-4H3. The molecule has 1 amide bonds. The molecule has 1 saturated heterocycles. The summed E-state index contributed by atoms with van der Waals surface area (Å²) >= 11 is 1.28. The molecule has 0 spiro atoms. The minimum absolute atomic E-state index is 0.0154. The number of anilines is 1. The van der Waals surface area contributed by atoms with Gasteiger partial charge in [0.1, 0.15) is 23.0 Å². The second-order valence-electron chi connectivity index (χ2n) is 10.5. The van der Waals surface area contributed by atoms with Gasteiger partial charge in [0.25, 0.3) is 5.78 Å². The summed E-state index contributed by atoms with van der Waals surface area (Å²) in [5.74, 6) is 0.600. The van der Waals surface area contributed by atoms with Crippen LogP contribution in [0.1, 0.15) is 50.8 Å². The third-order valence-electron chi connectivity index (χ3n) is 6.97. The summed E-state index contributed by atoms with van der Waals surface area (Å²) in [6.45, 7) is 7.38. The van der Waals surface area contributed by atoms with Gasteiger partial charge in [-0.25, -0.2) is 4.98 Å². The molecule has 1 N–H and O–H groups in total. The van der Waals surface area contributed by atoms with Gasteiger partial charge in [0, 0.05) is 5.56 Å². The molecule has 0 radical (unpaired) electrons. The van der Waals surface area contributed by atoms with E-state index < -0.39 is 17.7 Å². The Morgan fingerprint density at radius 3 is 2.43 bits per heavy atom. The number of aliphatic hydroxyl groups excluding tert-OH is 1. The normalized spacial score (nSPS) is 16.4. The minimum Gasteiger partial charge on any atom is -0.507 e. The molecular weight excluding hydrogens is 552 g/mol. The SMILES string of the molecule is CCCOc1ccc(C(O)=C2C(=O)C(=O)N(c3nc4ccc(OC)cc4s3)C2c2cccc(OCCC(C)C)c2)cc1. The number of aromatic nitrogens is 1. The number of carbonyl (C=O) groups is 2. The molecule has 8 nitrogen and oxygen atoms in total. The smallest absolute Gasteiger partial charge is 0.301 e. The summed E-state index contributed by atoms with van der Waals surface area (Å²) in [7, 11) is 1.58. The van der Waals surface area contributed by atoms with Gasteiger partial charge in [-0.2, -0.15) is 0 Å². The number of hydrogen-bond acceptors (Lipinski definition) is 8. The average molecular weight is 587 g/mol. The highest BCUT2D eigenvalue weighted by Gasteiger charge is 2.48. The van der Waals surface area contributed by atoms with Gasteiger partial charge in [0.15, 0.2) is 5.13 Å². The van der Waals surface area contributed by atoms with Gasteiger partial charge in [0.2, 0.25) is 0 Å². The number of carbonyl (C=O) groups excluding carboxylic acids is 2.